The van der Waals surface area contributed by atoms with Gasteiger partial charge >= 0.3 is 0 Å². The topological polar surface area (TPSA) is 57.9 Å². The van der Waals surface area contributed by atoms with Crippen LogP contribution in [0.25, 0.3) is 0 Å². The predicted octanol–water partition coefficient (Wildman–Crippen LogP) is 2.35. The van der Waals surface area contributed by atoms with Gasteiger partial charge in [0.1, 0.15) is 11.9 Å². The molecule has 1 rings (SSSR count). The number of hydrogen-bond acceptors (Lipinski definition) is 4. The number of rotatable bonds is 6. The molecular formula is C13H19N3O. The van der Waals surface area contributed by atoms with E-state index >= 15 is 0 Å². The number of nitriles is 1. The minimum absolute atomic E-state index is 0.543. The number of aryl methyl sites for hydroxylation is 1. The van der Waals surface area contributed by atoms with Gasteiger partial charge in [-0.25, -0.2) is 4.98 Å². The number of hydrogen-bond donors (Lipinski definition) is 1. The van der Waals surface area contributed by atoms with Crippen LogP contribution in [0.1, 0.15) is 25.1 Å². The molecule has 0 aromatic carbocycles. The molecule has 0 unspecified atom stereocenters. The van der Waals surface area contributed by atoms with Gasteiger partial charge in [0.15, 0.2) is 0 Å². The Morgan fingerprint density at radius 1 is 1.47 bits per heavy atom. The van der Waals surface area contributed by atoms with Gasteiger partial charge in [-0.05, 0) is 25.0 Å². The van der Waals surface area contributed by atoms with Gasteiger partial charge in [0.05, 0.1) is 12.2 Å². The third-order valence-corrected chi connectivity index (χ3v) is 2.14. The number of ether oxygens (including phenoxy) is 1. The van der Waals surface area contributed by atoms with Crippen LogP contribution in [0, 0.1) is 24.2 Å². The molecule has 1 N–H and O–H groups in total. The fraction of sp³-hybridized carbons (Fsp3) is 0.538. The van der Waals surface area contributed by atoms with Crippen LogP contribution in [-0.4, -0.2) is 24.7 Å². The molecule has 0 bridgehead atoms. The lowest BCUT2D eigenvalue weighted by Crippen LogP contribution is -2.13. The molecule has 0 saturated carbocycles. The summed E-state index contributed by atoms with van der Waals surface area (Å²) >= 11 is 0. The molecule has 0 fully saturated rings. The van der Waals surface area contributed by atoms with E-state index in [0.717, 1.165) is 12.3 Å². The fourth-order valence-electron chi connectivity index (χ4n) is 1.34. The Hall–Kier alpha value is -1.60. The van der Waals surface area contributed by atoms with Crippen molar-refractivity contribution in [1.82, 2.24) is 4.98 Å². The third-order valence-electron chi connectivity index (χ3n) is 2.14. The average molecular weight is 233 g/mol. The minimum Gasteiger partial charge on any atom is -0.379 e. The van der Waals surface area contributed by atoms with Gasteiger partial charge in [0.25, 0.3) is 0 Å². The monoisotopic (exact) mass is 233 g/mol. The van der Waals surface area contributed by atoms with Gasteiger partial charge in [0, 0.05) is 18.8 Å². The van der Waals surface area contributed by atoms with Crippen LogP contribution in [0.4, 0.5) is 5.82 Å². The van der Waals surface area contributed by atoms with E-state index in [9.17, 15) is 0 Å². The van der Waals surface area contributed by atoms with E-state index < -0.39 is 0 Å². The number of nitrogens with zero attached hydrogens (tertiary/aromatic N) is 2. The van der Waals surface area contributed by atoms with Crippen LogP contribution >= 0.6 is 0 Å². The minimum atomic E-state index is 0.543. The highest BCUT2D eigenvalue weighted by Gasteiger charge is 2.03. The van der Waals surface area contributed by atoms with Crippen LogP contribution < -0.4 is 5.32 Å². The summed E-state index contributed by atoms with van der Waals surface area (Å²) in [6.07, 6.45) is 0. The molecule has 0 saturated heterocycles. The van der Waals surface area contributed by atoms with Crippen LogP contribution in [-0.2, 0) is 4.74 Å². The van der Waals surface area contributed by atoms with E-state index in [2.05, 4.69) is 30.2 Å². The van der Waals surface area contributed by atoms with Crippen molar-refractivity contribution in [2.45, 2.75) is 20.8 Å². The van der Waals surface area contributed by atoms with E-state index in [-0.39, 0.29) is 0 Å². The summed E-state index contributed by atoms with van der Waals surface area (Å²) < 4.78 is 5.45. The van der Waals surface area contributed by atoms with Crippen molar-refractivity contribution >= 4 is 5.82 Å². The normalized spacial score (nSPS) is 10.3. The first-order valence-corrected chi connectivity index (χ1v) is 5.83. The molecule has 1 heterocycles. The van der Waals surface area contributed by atoms with Crippen molar-refractivity contribution in [2.75, 3.05) is 25.1 Å². The first kappa shape index (κ1) is 13.5. The molecule has 0 aliphatic heterocycles. The molecule has 4 heteroatoms. The van der Waals surface area contributed by atoms with Crippen molar-refractivity contribution < 1.29 is 4.74 Å². The molecule has 0 atom stereocenters. The van der Waals surface area contributed by atoms with Crippen molar-refractivity contribution in [1.29, 1.82) is 5.26 Å². The molecular weight excluding hydrogens is 214 g/mol. The van der Waals surface area contributed by atoms with Gasteiger partial charge in [-0.3, -0.25) is 0 Å². The Morgan fingerprint density at radius 3 is 2.88 bits per heavy atom. The smallest absolute Gasteiger partial charge is 0.144 e. The SMILES string of the molecule is Cc1ccc(C#N)c(NCCOCC(C)C)n1. The van der Waals surface area contributed by atoms with Crippen LogP contribution in [0.3, 0.4) is 0 Å². The Balaban J connectivity index is 2.41. The van der Waals surface area contributed by atoms with E-state index in [4.69, 9.17) is 10.00 Å². The van der Waals surface area contributed by atoms with Crippen LogP contribution in [0.5, 0.6) is 0 Å². The molecule has 17 heavy (non-hydrogen) atoms. The van der Waals surface area contributed by atoms with E-state index in [0.29, 0.717) is 30.5 Å². The first-order chi connectivity index (χ1) is 8.13. The van der Waals surface area contributed by atoms with Gasteiger partial charge in [-0.15, -0.1) is 0 Å². The zero-order valence-electron chi connectivity index (χ0n) is 10.7. The van der Waals surface area contributed by atoms with Gasteiger partial charge in [-0.1, -0.05) is 13.8 Å². The molecule has 1 aromatic rings. The molecule has 0 aliphatic carbocycles. The lowest BCUT2D eigenvalue weighted by Gasteiger charge is -2.09. The summed E-state index contributed by atoms with van der Waals surface area (Å²) in [4.78, 5) is 4.29. The molecule has 92 valence electrons. The maximum absolute atomic E-state index is 8.92. The third kappa shape index (κ3) is 4.83. The summed E-state index contributed by atoms with van der Waals surface area (Å²) in [7, 11) is 0. The quantitative estimate of drug-likeness (QED) is 0.766. The summed E-state index contributed by atoms with van der Waals surface area (Å²) in [5.74, 6) is 1.18. The molecule has 0 aliphatic rings. The second kappa shape index (κ2) is 6.87. The average Bonchev–Trinajstić information content (AvgIpc) is 2.28. The molecule has 1 aromatic heterocycles. The lowest BCUT2D eigenvalue weighted by molar-refractivity contribution is 0.118. The summed E-state index contributed by atoms with van der Waals surface area (Å²) in [5, 5.41) is 12.0. The van der Waals surface area contributed by atoms with Crippen LogP contribution in [0.15, 0.2) is 12.1 Å². The lowest BCUT2D eigenvalue weighted by atomic mass is 10.2. The maximum atomic E-state index is 8.92. The second-order valence-electron chi connectivity index (χ2n) is 4.36. The summed E-state index contributed by atoms with van der Waals surface area (Å²) in [6.45, 7) is 8.18. The number of anilines is 1. The van der Waals surface area contributed by atoms with E-state index in [1.165, 1.54) is 0 Å². The van der Waals surface area contributed by atoms with Gasteiger partial charge in [-0.2, -0.15) is 5.26 Å². The summed E-state index contributed by atoms with van der Waals surface area (Å²) in [5.41, 5.74) is 1.47. The molecule has 0 radical (unpaired) electrons. The largest absolute Gasteiger partial charge is 0.379 e. The number of nitrogens with one attached hydrogen (secondary N) is 1. The number of pyridine rings is 1. The number of aromatic nitrogens is 1. The highest BCUT2D eigenvalue weighted by molar-refractivity contribution is 5.52. The van der Waals surface area contributed by atoms with Crippen molar-refractivity contribution in [3.8, 4) is 6.07 Å². The maximum Gasteiger partial charge on any atom is 0.144 e. The van der Waals surface area contributed by atoms with E-state index in [1.807, 2.05) is 13.0 Å². The highest BCUT2D eigenvalue weighted by Crippen LogP contribution is 2.11. The fourth-order valence-corrected chi connectivity index (χ4v) is 1.34. The first-order valence-electron chi connectivity index (χ1n) is 5.83. The van der Waals surface area contributed by atoms with Crippen LogP contribution in [0.2, 0.25) is 0 Å². The van der Waals surface area contributed by atoms with E-state index in [1.54, 1.807) is 6.07 Å². The van der Waals surface area contributed by atoms with Crippen molar-refractivity contribution in [2.24, 2.45) is 5.92 Å². The van der Waals surface area contributed by atoms with Gasteiger partial charge in [0.2, 0.25) is 0 Å². The Bertz CT molecular complexity index is 396. The molecule has 0 spiro atoms. The Morgan fingerprint density at radius 2 is 2.24 bits per heavy atom. The highest BCUT2D eigenvalue weighted by atomic mass is 16.5. The Labute approximate surface area is 103 Å². The zero-order valence-corrected chi connectivity index (χ0v) is 10.7. The predicted molar refractivity (Wildman–Crippen MR) is 67.8 cm³/mol. The standard InChI is InChI=1S/C13H19N3O/c1-10(2)9-17-7-6-15-13-12(8-14)5-4-11(3)16-13/h4-5,10H,6-7,9H2,1-3H3,(H,15,16). The Kier molecular flexibility index (Phi) is 5.44. The molecule has 4 nitrogen and oxygen atoms in total. The summed E-state index contributed by atoms with van der Waals surface area (Å²) in [6, 6.07) is 5.73. The van der Waals surface area contributed by atoms with Gasteiger partial charge < -0.3 is 10.1 Å². The second-order valence-corrected chi connectivity index (χ2v) is 4.36. The van der Waals surface area contributed by atoms with Crippen molar-refractivity contribution in [3.63, 3.8) is 0 Å². The molecule has 0 amide bonds. The van der Waals surface area contributed by atoms with Crippen molar-refractivity contribution in [3.05, 3.63) is 23.4 Å². The zero-order chi connectivity index (χ0) is 12.7.